The fraction of sp³-hybridized carbons (Fsp3) is 0.538. The Bertz CT molecular complexity index is 562. The summed E-state index contributed by atoms with van der Waals surface area (Å²) in [5.41, 5.74) is -0.291. The number of amides is 1. The number of aliphatic imine (C=N–C) groups is 1. The van der Waals surface area contributed by atoms with Crippen molar-refractivity contribution in [1.29, 1.82) is 0 Å². The monoisotopic (exact) mass is 279 g/mol. The SMILES string of the molecule is C=Nc1c(N(C)C(C)C)nc(NC(=O)C(C)C)[nH]c1=O. The molecule has 1 heterocycles. The van der Waals surface area contributed by atoms with Crippen LogP contribution in [0.2, 0.25) is 0 Å². The summed E-state index contributed by atoms with van der Waals surface area (Å²) in [5, 5.41) is 2.57. The maximum atomic E-state index is 12.0. The molecule has 7 heteroatoms. The van der Waals surface area contributed by atoms with E-state index in [-0.39, 0.29) is 29.5 Å². The van der Waals surface area contributed by atoms with E-state index in [2.05, 4.69) is 27.0 Å². The third-order valence-corrected chi connectivity index (χ3v) is 2.91. The Hall–Kier alpha value is -2.18. The van der Waals surface area contributed by atoms with Crippen LogP contribution in [-0.2, 0) is 4.79 Å². The second-order valence-electron chi connectivity index (χ2n) is 5.09. The van der Waals surface area contributed by atoms with Crippen LogP contribution in [0.15, 0.2) is 9.79 Å². The lowest BCUT2D eigenvalue weighted by Gasteiger charge is -2.23. The highest BCUT2D eigenvalue weighted by Gasteiger charge is 2.17. The van der Waals surface area contributed by atoms with E-state index in [1.54, 1.807) is 25.8 Å². The third-order valence-electron chi connectivity index (χ3n) is 2.91. The van der Waals surface area contributed by atoms with Crippen molar-refractivity contribution in [2.75, 3.05) is 17.3 Å². The third kappa shape index (κ3) is 3.43. The van der Waals surface area contributed by atoms with Gasteiger partial charge in [-0.1, -0.05) is 13.8 Å². The smallest absolute Gasteiger partial charge is 0.280 e. The molecule has 0 aliphatic rings. The van der Waals surface area contributed by atoms with Gasteiger partial charge in [-0.25, -0.2) is 0 Å². The van der Waals surface area contributed by atoms with Crippen LogP contribution >= 0.6 is 0 Å². The quantitative estimate of drug-likeness (QED) is 0.800. The van der Waals surface area contributed by atoms with Gasteiger partial charge in [0.05, 0.1) is 0 Å². The largest absolute Gasteiger partial charge is 0.355 e. The summed E-state index contributed by atoms with van der Waals surface area (Å²) in [6, 6.07) is 0.124. The van der Waals surface area contributed by atoms with Gasteiger partial charge in [0, 0.05) is 19.0 Å². The number of carbonyl (C=O) groups excluding carboxylic acids is 1. The van der Waals surface area contributed by atoms with Crippen LogP contribution in [0.1, 0.15) is 27.7 Å². The molecule has 20 heavy (non-hydrogen) atoms. The van der Waals surface area contributed by atoms with E-state index in [1.165, 1.54) is 0 Å². The summed E-state index contributed by atoms with van der Waals surface area (Å²) in [4.78, 5) is 35.9. The molecule has 0 radical (unpaired) electrons. The number of nitrogens with zero attached hydrogens (tertiary/aromatic N) is 3. The summed E-state index contributed by atoms with van der Waals surface area (Å²) >= 11 is 0. The second-order valence-corrected chi connectivity index (χ2v) is 5.09. The van der Waals surface area contributed by atoms with Crippen LogP contribution in [0.4, 0.5) is 17.5 Å². The zero-order valence-corrected chi connectivity index (χ0v) is 12.5. The summed E-state index contributed by atoms with van der Waals surface area (Å²) in [5.74, 6) is 0.0794. The molecule has 0 fully saturated rings. The number of nitrogens with one attached hydrogen (secondary N) is 2. The molecule has 0 saturated heterocycles. The molecule has 0 spiro atoms. The van der Waals surface area contributed by atoms with Crippen molar-refractivity contribution in [2.45, 2.75) is 33.7 Å². The Morgan fingerprint density at radius 1 is 1.40 bits per heavy atom. The Kier molecular flexibility index (Phi) is 5.01. The molecule has 0 atom stereocenters. The van der Waals surface area contributed by atoms with Crippen molar-refractivity contribution >= 4 is 30.1 Å². The Balaban J connectivity index is 3.28. The number of rotatable bonds is 5. The Morgan fingerprint density at radius 3 is 2.45 bits per heavy atom. The minimum atomic E-state index is -0.434. The Labute approximate surface area is 118 Å². The maximum Gasteiger partial charge on any atom is 0.280 e. The van der Waals surface area contributed by atoms with E-state index >= 15 is 0 Å². The summed E-state index contributed by atoms with van der Waals surface area (Å²) in [6.45, 7) is 10.8. The lowest BCUT2D eigenvalue weighted by atomic mass is 10.2. The highest BCUT2D eigenvalue weighted by molar-refractivity contribution is 5.90. The van der Waals surface area contributed by atoms with Gasteiger partial charge < -0.3 is 4.90 Å². The van der Waals surface area contributed by atoms with E-state index in [9.17, 15) is 9.59 Å². The fourth-order valence-corrected chi connectivity index (χ4v) is 1.41. The topological polar surface area (TPSA) is 90.4 Å². The number of carbonyl (C=O) groups is 1. The number of aromatic nitrogens is 2. The molecule has 1 aromatic heterocycles. The molecular formula is C13H21N5O2. The lowest BCUT2D eigenvalue weighted by Crippen LogP contribution is -2.30. The second kappa shape index (κ2) is 6.31. The molecule has 0 aliphatic heterocycles. The van der Waals surface area contributed by atoms with Crippen molar-refractivity contribution in [3.8, 4) is 0 Å². The maximum absolute atomic E-state index is 12.0. The number of anilines is 2. The first kappa shape index (κ1) is 15.9. The summed E-state index contributed by atoms with van der Waals surface area (Å²) in [7, 11) is 1.80. The van der Waals surface area contributed by atoms with E-state index in [1.807, 2.05) is 13.8 Å². The van der Waals surface area contributed by atoms with Gasteiger partial charge in [-0.05, 0) is 20.6 Å². The molecule has 1 amide bonds. The average molecular weight is 279 g/mol. The van der Waals surface area contributed by atoms with Crippen molar-refractivity contribution in [1.82, 2.24) is 9.97 Å². The van der Waals surface area contributed by atoms with Crippen LogP contribution in [0.25, 0.3) is 0 Å². The molecule has 1 aromatic rings. The van der Waals surface area contributed by atoms with Gasteiger partial charge in [0.2, 0.25) is 11.9 Å². The molecular weight excluding hydrogens is 258 g/mol. The molecule has 0 saturated carbocycles. The normalized spacial score (nSPS) is 10.8. The predicted octanol–water partition coefficient (Wildman–Crippen LogP) is 1.54. The molecule has 0 bridgehead atoms. The van der Waals surface area contributed by atoms with E-state index < -0.39 is 5.56 Å². The standard InChI is InChI=1S/C13H21N5O2/c1-7(2)11(19)16-13-15-10(18(6)8(3)4)9(14-5)12(20)17-13/h7-8H,5H2,1-4,6H3,(H2,15,16,17,19,20). The van der Waals surface area contributed by atoms with Gasteiger partial charge in [-0.2, -0.15) is 4.98 Å². The molecule has 2 N–H and O–H groups in total. The fourth-order valence-electron chi connectivity index (χ4n) is 1.41. The molecule has 1 rings (SSSR count). The number of aromatic amines is 1. The zero-order chi connectivity index (χ0) is 15.4. The molecule has 110 valence electrons. The molecule has 0 aromatic carbocycles. The van der Waals surface area contributed by atoms with E-state index in [0.717, 1.165) is 0 Å². The van der Waals surface area contributed by atoms with Crippen molar-refractivity contribution in [3.05, 3.63) is 10.4 Å². The minimum Gasteiger partial charge on any atom is -0.355 e. The minimum absolute atomic E-state index is 0.114. The van der Waals surface area contributed by atoms with Gasteiger partial charge in [-0.15, -0.1) is 0 Å². The first-order valence-electron chi connectivity index (χ1n) is 6.42. The highest BCUT2D eigenvalue weighted by Crippen LogP contribution is 2.23. The van der Waals surface area contributed by atoms with Gasteiger partial charge in [-0.3, -0.25) is 24.9 Å². The van der Waals surface area contributed by atoms with Crippen molar-refractivity contribution in [3.63, 3.8) is 0 Å². The predicted molar refractivity (Wildman–Crippen MR) is 81.1 cm³/mol. The van der Waals surface area contributed by atoms with Crippen LogP contribution in [0.3, 0.4) is 0 Å². The highest BCUT2D eigenvalue weighted by atomic mass is 16.2. The van der Waals surface area contributed by atoms with Crippen LogP contribution in [0, 0.1) is 5.92 Å². The van der Waals surface area contributed by atoms with Gasteiger partial charge in [0.25, 0.3) is 5.56 Å². The first-order chi connectivity index (χ1) is 9.27. The Morgan fingerprint density at radius 2 is 2.00 bits per heavy atom. The van der Waals surface area contributed by atoms with Gasteiger partial charge in [0.1, 0.15) is 0 Å². The average Bonchev–Trinajstić information content (AvgIpc) is 2.36. The van der Waals surface area contributed by atoms with Crippen LogP contribution < -0.4 is 15.8 Å². The lowest BCUT2D eigenvalue weighted by molar-refractivity contribution is -0.118. The molecule has 0 unspecified atom stereocenters. The summed E-state index contributed by atoms with van der Waals surface area (Å²) < 4.78 is 0. The summed E-state index contributed by atoms with van der Waals surface area (Å²) in [6.07, 6.45) is 0. The van der Waals surface area contributed by atoms with Crippen molar-refractivity contribution in [2.24, 2.45) is 10.9 Å². The number of H-pyrrole nitrogens is 1. The first-order valence-corrected chi connectivity index (χ1v) is 6.42. The molecule has 0 aliphatic carbocycles. The zero-order valence-electron chi connectivity index (χ0n) is 12.5. The van der Waals surface area contributed by atoms with Crippen molar-refractivity contribution < 1.29 is 4.79 Å². The van der Waals surface area contributed by atoms with Crippen LogP contribution in [0.5, 0.6) is 0 Å². The molecule has 7 nitrogen and oxygen atoms in total. The van der Waals surface area contributed by atoms with Gasteiger partial charge in [0.15, 0.2) is 11.5 Å². The number of hydrogen-bond donors (Lipinski definition) is 2. The van der Waals surface area contributed by atoms with Crippen LogP contribution in [-0.4, -0.2) is 35.7 Å². The van der Waals surface area contributed by atoms with Gasteiger partial charge >= 0.3 is 0 Å². The van der Waals surface area contributed by atoms with E-state index in [4.69, 9.17) is 0 Å². The van der Waals surface area contributed by atoms with E-state index in [0.29, 0.717) is 5.82 Å². The number of hydrogen-bond acceptors (Lipinski definition) is 5.